The van der Waals surface area contributed by atoms with Crippen LogP contribution in [0.3, 0.4) is 0 Å². The summed E-state index contributed by atoms with van der Waals surface area (Å²) in [5.41, 5.74) is -2.30. The second-order valence-electron chi connectivity index (χ2n) is 8.84. The number of carbonyl (C=O) groups excluding carboxylic acids is 2. The summed E-state index contributed by atoms with van der Waals surface area (Å²) in [5, 5.41) is 5.94. The van der Waals surface area contributed by atoms with Crippen LogP contribution in [0.2, 0.25) is 5.02 Å². The molecule has 0 radical (unpaired) electrons. The van der Waals surface area contributed by atoms with Crippen molar-refractivity contribution in [2.45, 2.75) is 38.4 Å². The predicted octanol–water partition coefficient (Wildman–Crippen LogP) is 5.87. The second kappa shape index (κ2) is 10.4. The minimum atomic E-state index is -4.97. The molecule has 4 rings (SSSR count). The van der Waals surface area contributed by atoms with E-state index in [9.17, 15) is 35.9 Å². The fourth-order valence-electron chi connectivity index (χ4n) is 4.32. The van der Waals surface area contributed by atoms with Crippen LogP contribution >= 0.6 is 11.6 Å². The van der Waals surface area contributed by atoms with E-state index < -0.39 is 47.1 Å². The van der Waals surface area contributed by atoms with Gasteiger partial charge in [-0.15, -0.1) is 0 Å². The first kappa shape index (κ1) is 28.3. The Kier molecular flexibility index (Phi) is 7.57. The van der Waals surface area contributed by atoms with E-state index in [1.165, 1.54) is 42.3 Å². The van der Waals surface area contributed by atoms with E-state index in [0.29, 0.717) is 5.56 Å². The lowest BCUT2D eigenvalue weighted by molar-refractivity contribution is -0.142. The van der Waals surface area contributed by atoms with Crippen molar-refractivity contribution in [1.82, 2.24) is 15.1 Å². The Balaban J connectivity index is 1.65. The summed E-state index contributed by atoms with van der Waals surface area (Å²) in [5.74, 6) is -1.81. The van der Waals surface area contributed by atoms with Gasteiger partial charge in [-0.1, -0.05) is 23.7 Å². The number of alkyl halides is 6. The number of nitrogens with one attached hydrogen (secondary N) is 1. The van der Waals surface area contributed by atoms with Gasteiger partial charge >= 0.3 is 18.3 Å². The van der Waals surface area contributed by atoms with Crippen LogP contribution in [0.1, 0.15) is 56.1 Å². The minimum absolute atomic E-state index is 0.0110. The first-order valence-electron chi connectivity index (χ1n) is 11.5. The number of hydrogen-bond donors (Lipinski definition) is 1. The van der Waals surface area contributed by atoms with Gasteiger partial charge in [0.25, 0.3) is 5.91 Å². The lowest BCUT2D eigenvalue weighted by Crippen LogP contribution is -2.31. The largest absolute Gasteiger partial charge is 0.465 e. The molecule has 0 unspecified atom stereocenters. The zero-order valence-corrected chi connectivity index (χ0v) is 21.2. The molecule has 0 saturated heterocycles. The van der Waals surface area contributed by atoms with Crippen LogP contribution in [0.25, 0.3) is 0 Å². The van der Waals surface area contributed by atoms with E-state index in [4.69, 9.17) is 11.6 Å². The fourth-order valence-corrected chi connectivity index (χ4v) is 4.57. The molecule has 0 spiro atoms. The number of amides is 1. The highest BCUT2D eigenvalue weighted by molar-refractivity contribution is 6.30. The molecule has 7 nitrogen and oxygen atoms in total. The third-order valence-electron chi connectivity index (χ3n) is 6.14. The standard InChI is InChI=1S/C25H21ClF6N4O3/c1-13(15-3-5-16(6-4-15)23(38)39-2)33-21(37)19-20(25(30,31)32)34-36-8-7-35(22(19)36)12-14-9-17(24(27,28)29)11-18(26)10-14/h3-6,9-11,13H,7-8,12H2,1-2H3,(H,33,37)/t13-/m0/s1. The van der Waals surface area contributed by atoms with Gasteiger partial charge in [0, 0.05) is 18.1 Å². The summed E-state index contributed by atoms with van der Waals surface area (Å²) in [6, 6.07) is 8.06. The number of carbonyl (C=O) groups is 2. The first-order chi connectivity index (χ1) is 18.2. The Bertz CT molecular complexity index is 1400. The highest BCUT2D eigenvalue weighted by Gasteiger charge is 2.44. The van der Waals surface area contributed by atoms with Gasteiger partial charge in [0.05, 0.1) is 30.8 Å². The third kappa shape index (κ3) is 5.97. The number of methoxy groups -OCH3 is 1. The minimum Gasteiger partial charge on any atom is -0.465 e. The van der Waals surface area contributed by atoms with E-state index in [0.717, 1.165) is 16.8 Å². The average Bonchev–Trinajstić information content (AvgIpc) is 3.43. The molecule has 39 heavy (non-hydrogen) atoms. The summed E-state index contributed by atoms with van der Waals surface area (Å²) in [6.45, 7) is 1.41. The zero-order chi connectivity index (χ0) is 28.7. The van der Waals surface area contributed by atoms with Crippen LogP contribution in [0, 0.1) is 0 Å². The Morgan fingerprint density at radius 1 is 1.05 bits per heavy atom. The quantitative estimate of drug-likeness (QED) is 0.294. The van der Waals surface area contributed by atoms with Crippen LogP contribution in [-0.2, 0) is 30.2 Å². The van der Waals surface area contributed by atoms with Crippen molar-refractivity contribution in [3.8, 4) is 0 Å². The Morgan fingerprint density at radius 3 is 2.31 bits per heavy atom. The van der Waals surface area contributed by atoms with Crippen molar-refractivity contribution in [3.63, 3.8) is 0 Å². The molecule has 1 aromatic heterocycles. The summed E-state index contributed by atoms with van der Waals surface area (Å²) >= 11 is 5.86. The van der Waals surface area contributed by atoms with Crippen LogP contribution in [0.15, 0.2) is 42.5 Å². The van der Waals surface area contributed by atoms with Gasteiger partial charge in [0.1, 0.15) is 11.4 Å². The van der Waals surface area contributed by atoms with Crippen LogP contribution in [0.5, 0.6) is 0 Å². The number of nitrogens with zero attached hydrogens (tertiary/aromatic N) is 3. The van der Waals surface area contributed by atoms with Gasteiger partial charge in [0.2, 0.25) is 0 Å². The Morgan fingerprint density at radius 2 is 1.72 bits per heavy atom. The monoisotopic (exact) mass is 574 g/mol. The molecule has 2 heterocycles. The number of benzene rings is 2. The highest BCUT2D eigenvalue weighted by Crippen LogP contribution is 2.39. The Hall–Kier alpha value is -3.74. The molecule has 0 bridgehead atoms. The van der Waals surface area contributed by atoms with Gasteiger partial charge in [-0.2, -0.15) is 31.4 Å². The number of aromatic nitrogens is 2. The molecule has 0 aliphatic carbocycles. The van der Waals surface area contributed by atoms with E-state index >= 15 is 0 Å². The van der Waals surface area contributed by atoms with Crippen molar-refractivity contribution < 1.29 is 40.7 Å². The summed E-state index contributed by atoms with van der Waals surface area (Å²) in [6.07, 6.45) is -9.65. The molecule has 1 N–H and O–H groups in total. The third-order valence-corrected chi connectivity index (χ3v) is 6.36. The molecule has 1 amide bonds. The number of fused-ring (bicyclic) bond motifs is 1. The van der Waals surface area contributed by atoms with Crippen molar-refractivity contribution in [2.24, 2.45) is 0 Å². The van der Waals surface area contributed by atoms with Crippen LogP contribution in [-0.4, -0.2) is 35.3 Å². The molecule has 2 aromatic carbocycles. The van der Waals surface area contributed by atoms with E-state index in [1.54, 1.807) is 6.92 Å². The number of halogens is 7. The van der Waals surface area contributed by atoms with Crippen molar-refractivity contribution in [1.29, 1.82) is 0 Å². The number of esters is 1. The average molecular weight is 575 g/mol. The smallest absolute Gasteiger partial charge is 0.436 e. The summed E-state index contributed by atoms with van der Waals surface area (Å²) < 4.78 is 87.1. The lowest BCUT2D eigenvalue weighted by atomic mass is 10.1. The molecule has 1 atom stereocenters. The molecule has 1 aliphatic rings. The van der Waals surface area contributed by atoms with Gasteiger partial charge in [-0.3, -0.25) is 4.79 Å². The SMILES string of the molecule is COC(=O)c1ccc([C@H](C)NC(=O)c2c(C(F)(F)F)nn3c2N(Cc2cc(Cl)cc(C(F)(F)F)c2)CC3)cc1. The molecular formula is C25H21ClF6N4O3. The van der Waals surface area contributed by atoms with Crippen molar-refractivity contribution in [3.05, 3.63) is 81.0 Å². The molecule has 14 heteroatoms. The number of anilines is 1. The van der Waals surface area contributed by atoms with Crippen LogP contribution < -0.4 is 10.2 Å². The number of hydrogen-bond acceptors (Lipinski definition) is 5. The van der Waals surface area contributed by atoms with Crippen molar-refractivity contribution >= 4 is 29.3 Å². The van der Waals surface area contributed by atoms with Gasteiger partial charge in [-0.05, 0) is 48.4 Å². The van der Waals surface area contributed by atoms with E-state index in [-0.39, 0.29) is 41.6 Å². The van der Waals surface area contributed by atoms with E-state index in [2.05, 4.69) is 15.2 Å². The fraction of sp³-hybridized carbons (Fsp3) is 0.320. The van der Waals surface area contributed by atoms with Crippen molar-refractivity contribution in [2.75, 3.05) is 18.6 Å². The van der Waals surface area contributed by atoms with Crippen LogP contribution in [0.4, 0.5) is 32.2 Å². The maximum Gasteiger partial charge on any atom is 0.436 e. The molecule has 0 saturated carbocycles. The number of rotatable bonds is 6. The normalized spacial score (nSPS) is 14.2. The summed E-state index contributed by atoms with van der Waals surface area (Å²) in [7, 11) is 1.21. The molecule has 1 aliphatic heterocycles. The second-order valence-corrected chi connectivity index (χ2v) is 9.28. The maximum atomic E-state index is 13.9. The number of ether oxygens (including phenoxy) is 1. The molecule has 208 valence electrons. The lowest BCUT2D eigenvalue weighted by Gasteiger charge is -2.21. The van der Waals surface area contributed by atoms with E-state index in [1.807, 2.05) is 0 Å². The topological polar surface area (TPSA) is 76.5 Å². The maximum absolute atomic E-state index is 13.9. The highest BCUT2D eigenvalue weighted by atomic mass is 35.5. The predicted molar refractivity (Wildman–Crippen MR) is 128 cm³/mol. The molecular weight excluding hydrogens is 554 g/mol. The Labute approximate surface area is 223 Å². The van der Waals surface area contributed by atoms with Gasteiger partial charge < -0.3 is 15.0 Å². The zero-order valence-electron chi connectivity index (χ0n) is 20.5. The van der Waals surface area contributed by atoms with Gasteiger partial charge in [0.15, 0.2) is 5.69 Å². The van der Waals surface area contributed by atoms with Gasteiger partial charge in [-0.25, -0.2) is 9.48 Å². The first-order valence-corrected chi connectivity index (χ1v) is 11.9. The molecule has 3 aromatic rings. The molecule has 0 fully saturated rings. The summed E-state index contributed by atoms with van der Waals surface area (Å²) in [4.78, 5) is 26.2.